The highest BCUT2D eigenvalue weighted by Gasteiger charge is 2.32. The molecule has 0 spiro atoms. The molecule has 2 N–H and O–H groups in total. The molecule has 0 aromatic rings. The van der Waals surface area contributed by atoms with Crippen LogP contribution in [0.3, 0.4) is 0 Å². The minimum Gasteiger partial charge on any atom is -0.329 e. The van der Waals surface area contributed by atoms with Gasteiger partial charge in [-0.15, -0.1) is 5.92 Å². The third-order valence-corrected chi connectivity index (χ3v) is 2.48. The smallest absolute Gasteiger partial charge is 0.0601 e. The van der Waals surface area contributed by atoms with Gasteiger partial charge in [0.25, 0.3) is 0 Å². The summed E-state index contributed by atoms with van der Waals surface area (Å²) in [5.41, 5.74) is 5.70. The van der Waals surface area contributed by atoms with Crippen LogP contribution in [0.4, 0.5) is 0 Å². The molecule has 0 radical (unpaired) electrons. The number of hydrogen-bond acceptors (Lipinski definition) is 2. The minimum atomic E-state index is 0.561. The van der Waals surface area contributed by atoms with E-state index in [9.17, 15) is 0 Å². The van der Waals surface area contributed by atoms with Crippen LogP contribution in [0.5, 0.6) is 0 Å². The van der Waals surface area contributed by atoms with Crippen molar-refractivity contribution in [3.8, 4) is 11.8 Å². The molecule has 1 rings (SSSR count). The molecule has 1 aliphatic carbocycles. The fraction of sp³-hybridized carbons (Fsp3) is 0.800. The quantitative estimate of drug-likeness (QED) is 0.622. The molecule has 0 aliphatic heterocycles. The topological polar surface area (TPSA) is 29.3 Å². The summed E-state index contributed by atoms with van der Waals surface area (Å²) in [4.78, 5) is 2.27. The van der Waals surface area contributed by atoms with E-state index in [1.807, 2.05) is 6.92 Å². The van der Waals surface area contributed by atoms with Gasteiger partial charge in [0, 0.05) is 12.6 Å². The Bertz CT molecular complexity index is 186. The predicted molar refractivity (Wildman–Crippen MR) is 51.6 cm³/mol. The van der Waals surface area contributed by atoms with Crippen molar-refractivity contribution in [2.75, 3.05) is 20.1 Å². The summed E-state index contributed by atoms with van der Waals surface area (Å²) in [6.07, 6.45) is 2.71. The van der Waals surface area contributed by atoms with E-state index in [0.717, 1.165) is 19.0 Å². The van der Waals surface area contributed by atoms with E-state index in [1.54, 1.807) is 0 Å². The van der Waals surface area contributed by atoms with E-state index in [-0.39, 0.29) is 0 Å². The maximum Gasteiger partial charge on any atom is 0.0601 e. The molecule has 1 fully saturated rings. The van der Waals surface area contributed by atoms with Gasteiger partial charge in [0.2, 0.25) is 0 Å². The monoisotopic (exact) mass is 166 g/mol. The largest absolute Gasteiger partial charge is 0.329 e. The fourth-order valence-corrected chi connectivity index (χ4v) is 1.53. The third-order valence-electron chi connectivity index (χ3n) is 2.48. The molecule has 0 aromatic heterocycles. The Morgan fingerprint density at radius 1 is 1.58 bits per heavy atom. The molecule has 2 heteroatoms. The number of hydrogen-bond donors (Lipinski definition) is 1. The Morgan fingerprint density at radius 2 is 2.25 bits per heavy atom. The van der Waals surface area contributed by atoms with Crippen molar-refractivity contribution >= 4 is 0 Å². The van der Waals surface area contributed by atoms with Crippen LogP contribution in [-0.2, 0) is 0 Å². The first-order valence-electron chi connectivity index (χ1n) is 4.59. The summed E-state index contributed by atoms with van der Waals surface area (Å²) < 4.78 is 0. The van der Waals surface area contributed by atoms with Crippen LogP contribution in [0.1, 0.15) is 19.8 Å². The zero-order valence-electron chi connectivity index (χ0n) is 8.01. The lowest BCUT2D eigenvalue weighted by Crippen LogP contribution is -2.39. The molecule has 1 saturated carbocycles. The van der Waals surface area contributed by atoms with Gasteiger partial charge in [-0.05, 0) is 32.7 Å². The van der Waals surface area contributed by atoms with E-state index in [2.05, 4.69) is 23.8 Å². The summed E-state index contributed by atoms with van der Waals surface area (Å²) in [7, 11) is 2.11. The molecule has 0 heterocycles. The molecule has 0 aromatic carbocycles. The highest BCUT2D eigenvalue weighted by Crippen LogP contribution is 2.34. The molecule has 0 saturated heterocycles. The Hall–Kier alpha value is -0.520. The van der Waals surface area contributed by atoms with Gasteiger partial charge in [-0.3, -0.25) is 4.90 Å². The molecule has 1 unspecified atom stereocenters. The lowest BCUT2D eigenvalue weighted by molar-refractivity contribution is 0.249. The first-order valence-corrected chi connectivity index (χ1v) is 4.59. The van der Waals surface area contributed by atoms with Gasteiger partial charge in [0.15, 0.2) is 0 Å². The highest BCUT2D eigenvalue weighted by molar-refractivity contribution is 4.99. The average Bonchev–Trinajstić information content (AvgIpc) is 2.86. The summed E-state index contributed by atoms with van der Waals surface area (Å²) in [6.45, 7) is 3.50. The van der Waals surface area contributed by atoms with E-state index in [0.29, 0.717) is 6.04 Å². The highest BCUT2D eigenvalue weighted by atomic mass is 15.1. The van der Waals surface area contributed by atoms with Gasteiger partial charge in [-0.1, -0.05) is 5.92 Å². The molecule has 12 heavy (non-hydrogen) atoms. The Labute approximate surface area is 75.1 Å². The van der Waals surface area contributed by atoms with Crippen LogP contribution in [-0.4, -0.2) is 31.1 Å². The molecular weight excluding hydrogens is 148 g/mol. The predicted octanol–water partition coefficient (Wildman–Crippen LogP) is 0.679. The third kappa shape index (κ3) is 2.51. The van der Waals surface area contributed by atoms with Crippen LogP contribution in [0.2, 0.25) is 0 Å². The van der Waals surface area contributed by atoms with Gasteiger partial charge in [-0.25, -0.2) is 0 Å². The van der Waals surface area contributed by atoms with Crippen LogP contribution >= 0.6 is 0 Å². The summed E-state index contributed by atoms with van der Waals surface area (Å²) >= 11 is 0. The van der Waals surface area contributed by atoms with Crippen molar-refractivity contribution in [1.82, 2.24) is 4.90 Å². The van der Waals surface area contributed by atoms with E-state index >= 15 is 0 Å². The maximum atomic E-state index is 5.70. The van der Waals surface area contributed by atoms with E-state index < -0.39 is 0 Å². The van der Waals surface area contributed by atoms with Crippen molar-refractivity contribution in [3.63, 3.8) is 0 Å². The Kier molecular flexibility index (Phi) is 3.58. The van der Waals surface area contributed by atoms with Crippen molar-refractivity contribution in [2.24, 2.45) is 11.7 Å². The Morgan fingerprint density at radius 3 is 2.67 bits per heavy atom. The summed E-state index contributed by atoms with van der Waals surface area (Å²) in [6, 6.07) is 0.561. The van der Waals surface area contributed by atoms with Crippen molar-refractivity contribution in [2.45, 2.75) is 25.8 Å². The molecule has 0 amide bonds. The summed E-state index contributed by atoms with van der Waals surface area (Å²) in [5.74, 6) is 6.82. The summed E-state index contributed by atoms with van der Waals surface area (Å²) in [5, 5.41) is 0. The zero-order valence-corrected chi connectivity index (χ0v) is 8.01. The van der Waals surface area contributed by atoms with Crippen LogP contribution in [0.15, 0.2) is 0 Å². The van der Waals surface area contributed by atoms with Gasteiger partial charge in [0.05, 0.1) is 6.54 Å². The second-order valence-corrected chi connectivity index (χ2v) is 3.48. The van der Waals surface area contributed by atoms with Crippen molar-refractivity contribution in [3.05, 3.63) is 0 Å². The second-order valence-electron chi connectivity index (χ2n) is 3.48. The SMILES string of the molecule is CC#CCN(C)C(CN)C1CC1. The number of rotatable bonds is 4. The average molecular weight is 166 g/mol. The standard InChI is InChI=1S/C10H18N2/c1-3-4-7-12(2)10(8-11)9-5-6-9/h9-10H,5-8,11H2,1-2H3. The number of nitrogens with two attached hydrogens (primary N) is 1. The van der Waals surface area contributed by atoms with Gasteiger partial charge in [-0.2, -0.15) is 0 Å². The van der Waals surface area contributed by atoms with Crippen LogP contribution in [0.25, 0.3) is 0 Å². The minimum absolute atomic E-state index is 0.561. The maximum absolute atomic E-state index is 5.70. The fourth-order valence-electron chi connectivity index (χ4n) is 1.53. The van der Waals surface area contributed by atoms with E-state index in [1.165, 1.54) is 12.8 Å². The lowest BCUT2D eigenvalue weighted by Gasteiger charge is -2.24. The van der Waals surface area contributed by atoms with E-state index in [4.69, 9.17) is 5.73 Å². The van der Waals surface area contributed by atoms with Gasteiger partial charge >= 0.3 is 0 Å². The number of likely N-dealkylation sites (N-methyl/N-ethyl adjacent to an activating group) is 1. The molecule has 1 atom stereocenters. The molecule has 0 bridgehead atoms. The molecule has 68 valence electrons. The first kappa shape index (κ1) is 9.57. The van der Waals surface area contributed by atoms with Gasteiger partial charge in [0.1, 0.15) is 0 Å². The van der Waals surface area contributed by atoms with Crippen molar-refractivity contribution < 1.29 is 0 Å². The lowest BCUT2D eigenvalue weighted by atomic mass is 10.1. The molecule has 2 nitrogen and oxygen atoms in total. The number of nitrogens with zero attached hydrogens (tertiary/aromatic N) is 1. The second kappa shape index (κ2) is 4.49. The van der Waals surface area contributed by atoms with Crippen LogP contribution in [0, 0.1) is 17.8 Å². The first-order chi connectivity index (χ1) is 5.79. The zero-order chi connectivity index (χ0) is 8.97. The molecule has 1 aliphatic rings. The van der Waals surface area contributed by atoms with Crippen molar-refractivity contribution in [1.29, 1.82) is 0 Å². The molecular formula is C10H18N2. The Balaban J connectivity index is 2.34. The normalized spacial score (nSPS) is 18.7. The van der Waals surface area contributed by atoms with Gasteiger partial charge < -0.3 is 5.73 Å². The van der Waals surface area contributed by atoms with Crippen LogP contribution < -0.4 is 5.73 Å².